The quantitative estimate of drug-likeness (QED) is 0.535. The van der Waals surface area contributed by atoms with Crippen LogP contribution in [0, 0.1) is 0 Å². The minimum absolute atomic E-state index is 0.0954. The Morgan fingerprint density at radius 1 is 1.16 bits per heavy atom. The van der Waals surface area contributed by atoms with Gasteiger partial charge in [-0.05, 0) is 49.9 Å². The highest BCUT2D eigenvalue weighted by molar-refractivity contribution is 6.06. The maximum absolute atomic E-state index is 12.9. The first-order valence-corrected chi connectivity index (χ1v) is 11.7. The van der Waals surface area contributed by atoms with Gasteiger partial charge in [0.15, 0.2) is 0 Å². The van der Waals surface area contributed by atoms with Crippen LogP contribution in [-0.2, 0) is 13.0 Å². The zero-order valence-corrected chi connectivity index (χ0v) is 18.9. The first-order valence-electron chi connectivity index (χ1n) is 11.7. The molecule has 2 unspecified atom stereocenters. The Bertz CT molecular complexity index is 1090. The van der Waals surface area contributed by atoms with Crippen molar-refractivity contribution in [1.82, 2.24) is 20.2 Å². The van der Waals surface area contributed by atoms with E-state index in [-0.39, 0.29) is 5.91 Å². The second kappa shape index (κ2) is 8.82. The third-order valence-electron chi connectivity index (χ3n) is 6.94. The van der Waals surface area contributed by atoms with Crippen LogP contribution in [0.2, 0.25) is 0 Å². The van der Waals surface area contributed by atoms with Crippen LogP contribution in [0.25, 0.3) is 11.0 Å². The van der Waals surface area contributed by atoms with Crippen LogP contribution < -0.4 is 20.9 Å². The Hall–Kier alpha value is -3.06. The number of hydrogen-bond donors (Lipinski definition) is 3. The van der Waals surface area contributed by atoms with Gasteiger partial charge in [-0.2, -0.15) is 0 Å². The molecular formula is C25H32N6O. The molecule has 3 aromatic rings. The molecule has 2 aliphatic rings. The monoisotopic (exact) mass is 432 g/mol. The lowest BCUT2D eigenvalue weighted by Crippen LogP contribution is -2.51. The predicted octanol–water partition coefficient (Wildman–Crippen LogP) is 3.01. The van der Waals surface area contributed by atoms with Crippen LogP contribution in [0.3, 0.4) is 0 Å². The van der Waals surface area contributed by atoms with Gasteiger partial charge >= 0.3 is 0 Å². The van der Waals surface area contributed by atoms with Gasteiger partial charge in [-0.25, -0.2) is 4.98 Å². The smallest absolute Gasteiger partial charge is 0.254 e. The molecule has 7 heteroatoms. The Morgan fingerprint density at radius 2 is 1.91 bits per heavy atom. The van der Waals surface area contributed by atoms with E-state index in [9.17, 15) is 4.79 Å². The lowest BCUT2D eigenvalue weighted by molar-refractivity contribution is 0.0954. The summed E-state index contributed by atoms with van der Waals surface area (Å²) in [6.45, 7) is 5.70. The summed E-state index contributed by atoms with van der Waals surface area (Å²) in [6, 6.07) is 12.1. The minimum Gasteiger partial charge on any atom is -0.387 e. The summed E-state index contributed by atoms with van der Waals surface area (Å²) in [5, 5.41) is 10.8. The number of fused-ring (bicyclic) bond motifs is 3. The number of pyridine rings is 1. The number of aromatic nitrogens is 2. The highest BCUT2D eigenvalue weighted by Crippen LogP contribution is 2.32. The fraction of sp³-hybridized carbons (Fsp3) is 0.440. The zero-order chi connectivity index (χ0) is 22.1. The minimum atomic E-state index is -0.0954. The van der Waals surface area contributed by atoms with Gasteiger partial charge in [0.05, 0.1) is 11.3 Å². The van der Waals surface area contributed by atoms with Crippen LogP contribution in [-0.4, -0.2) is 54.2 Å². The van der Waals surface area contributed by atoms with E-state index in [4.69, 9.17) is 0 Å². The number of hydrogen-bond acceptors (Lipinski definition) is 5. The van der Waals surface area contributed by atoms with Crippen molar-refractivity contribution >= 4 is 28.3 Å². The fourth-order valence-electron chi connectivity index (χ4n) is 5.29. The molecule has 32 heavy (non-hydrogen) atoms. The van der Waals surface area contributed by atoms with Crippen molar-refractivity contribution in [3.05, 3.63) is 53.9 Å². The summed E-state index contributed by atoms with van der Waals surface area (Å²) in [4.78, 5) is 20.0. The number of aryl methyl sites for hydroxylation is 1. The number of nitrogens with one attached hydrogen (secondary N) is 3. The van der Waals surface area contributed by atoms with Gasteiger partial charge in [-0.15, -0.1) is 0 Å². The predicted molar refractivity (Wildman–Crippen MR) is 130 cm³/mol. The van der Waals surface area contributed by atoms with Crippen molar-refractivity contribution in [3.63, 3.8) is 0 Å². The number of piperazine rings is 1. The van der Waals surface area contributed by atoms with Crippen LogP contribution in [0.1, 0.15) is 35.7 Å². The van der Waals surface area contributed by atoms with Crippen LogP contribution >= 0.6 is 0 Å². The largest absolute Gasteiger partial charge is 0.387 e. The Labute approximate surface area is 189 Å². The van der Waals surface area contributed by atoms with Crippen LogP contribution in [0.15, 0.2) is 42.7 Å². The molecule has 4 heterocycles. The van der Waals surface area contributed by atoms with Crippen molar-refractivity contribution in [2.45, 2.75) is 44.8 Å². The van der Waals surface area contributed by atoms with Gasteiger partial charge in [-0.1, -0.05) is 12.1 Å². The molecule has 2 saturated heterocycles. The molecule has 1 aromatic carbocycles. The third kappa shape index (κ3) is 3.71. The lowest BCUT2D eigenvalue weighted by Gasteiger charge is -2.37. The summed E-state index contributed by atoms with van der Waals surface area (Å²) < 4.78 is 2.08. The highest BCUT2D eigenvalue weighted by Gasteiger charge is 2.36. The molecule has 2 fully saturated rings. The number of anilines is 2. The van der Waals surface area contributed by atoms with E-state index in [2.05, 4.69) is 61.6 Å². The highest BCUT2D eigenvalue weighted by atomic mass is 16.1. The third-order valence-corrected chi connectivity index (χ3v) is 6.94. The number of benzene rings is 1. The van der Waals surface area contributed by atoms with Crippen molar-refractivity contribution in [3.8, 4) is 0 Å². The molecule has 2 atom stereocenters. The number of carbonyl (C=O) groups is 1. The molecule has 0 aliphatic carbocycles. The van der Waals surface area contributed by atoms with Crippen molar-refractivity contribution < 1.29 is 4.79 Å². The van der Waals surface area contributed by atoms with Gasteiger partial charge in [0.1, 0.15) is 5.65 Å². The fourth-order valence-corrected chi connectivity index (χ4v) is 5.29. The van der Waals surface area contributed by atoms with Crippen LogP contribution in [0.5, 0.6) is 0 Å². The van der Waals surface area contributed by atoms with E-state index >= 15 is 0 Å². The molecule has 1 amide bonds. The zero-order valence-electron chi connectivity index (χ0n) is 18.9. The Morgan fingerprint density at radius 3 is 2.59 bits per heavy atom. The molecule has 0 radical (unpaired) electrons. The molecule has 3 N–H and O–H groups in total. The van der Waals surface area contributed by atoms with Gasteiger partial charge < -0.3 is 25.4 Å². The molecule has 5 rings (SSSR count). The topological polar surface area (TPSA) is 74.2 Å². The Kier molecular flexibility index (Phi) is 5.74. The first-order chi connectivity index (χ1) is 15.7. The lowest BCUT2D eigenvalue weighted by atomic mass is 10.1. The average molecular weight is 433 g/mol. The van der Waals surface area contributed by atoms with Gasteiger partial charge in [0.2, 0.25) is 0 Å². The molecule has 2 aliphatic heterocycles. The van der Waals surface area contributed by atoms with Crippen molar-refractivity contribution in [1.29, 1.82) is 0 Å². The van der Waals surface area contributed by atoms with E-state index in [0.29, 0.717) is 24.2 Å². The number of nitrogens with zero attached hydrogens (tertiary/aromatic N) is 3. The molecule has 2 aromatic heterocycles. The Balaban J connectivity index is 1.22. The summed E-state index contributed by atoms with van der Waals surface area (Å²) in [5.74, 6) is -0.0954. The van der Waals surface area contributed by atoms with Gasteiger partial charge in [0, 0.05) is 68.8 Å². The average Bonchev–Trinajstić information content (AvgIpc) is 3.35. The maximum Gasteiger partial charge on any atom is 0.254 e. The van der Waals surface area contributed by atoms with E-state index in [1.807, 2.05) is 19.3 Å². The summed E-state index contributed by atoms with van der Waals surface area (Å²) in [6.07, 6.45) is 7.05. The number of carbonyl (C=O) groups excluding carboxylic acids is 1. The number of rotatable bonds is 7. The molecule has 0 saturated carbocycles. The van der Waals surface area contributed by atoms with E-state index < -0.39 is 0 Å². The second-order valence-corrected chi connectivity index (χ2v) is 8.76. The van der Waals surface area contributed by atoms with E-state index in [1.54, 1.807) is 6.20 Å². The molecule has 168 valence electrons. The summed E-state index contributed by atoms with van der Waals surface area (Å²) in [7, 11) is 1.85. The second-order valence-electron chi connectivity index (χ2n) is 8.76. The first kappa shape index (κ1) is 20.8. The SMILES string of the molecule is CCn1ccc2c(NC)c(C(=O)NCCc3ccc(N4C5CCC4CNC5)cc3)cnc21. The van der Waals surface area contributed by atoms with Crippen molar-refractivity contribution in [2.24, 2.45) is 0 Å². The molecule has 2 bridgehead atoms. The van der Waals surface area contributed by atoms with Crippen LogP contribution in [0.4, 0.5) is 11.4 Å². The number of amides is 1. The standard InChI is InChI=1S/C25H32N6O/c1-3-30-13-11-21-23(26-2)22(16-29-24(21)30)25(32)28-12-10-17-4-6-18(7-5-17)31-19-8-9-20(31)15-27-14-19/h4-7,11,13,16,19-20,27H,3,8-10,12,14-15H2,1-2H3,(H,26,29)(H,28,32). The van der Waals surface area contributed by atoms with Gasteiger partial charge in [-0.3, -0.25) is 4.79 Å². The van der Waals surface area contributed by atoms with E-state index in [1.165, 1.54) is 24.1 Å². The molecular weight excluding hydrogens is 400 g/mol. The van der Waals surface area contributed by atoms with Crippen molar-refractivity contribution in [2.75, 3.05) is 36.9 Å². The molecule has 7 nitrogen and oxygen atoms in total. The summed E-state index contributed by atoms with van der Waals surface area (Å²) >= 11 is 0. The normalized spacial score (nSPS) is 20.0. The summed E-state index contributed by atoms with van der Waals surface area (Å²) in [5.41, 5.74) is 4.86. The van der Waals surface area contributed by atoms with E-state index in [0.717, 1.165) is 42.8 Å². The maximum atomic E-state index is 12.9. The van der Waals surface area contributed by atoms with Gasteiger partial charge in [0.25, 0.3) is 5.91 Å². The molecule has 0 spiro atoms.